The van der Waals surface area contributed by atoms with Crippen LogP contribution in [-0.4, -0.2) is 4.57 Å². The van der Waals surface area contributed by atoms with Crippen LogP contribution in [-0.2, 0) is 0 Å². The standard InChI is InChI=1S/C36H26N2/c1-3-15-27(16-4-1)37(28-17-5-2-6-18-28)33-23-11-7-19-29(33)30-20-8-12-24-34(30)38-35-25-13-9-21-31(35)32-22-10-14-26-36(32)38/h1-6,8-13,15-18,20-25H,7,19H2. The third-order valence-electron chi connectivity index (χ3n) is 7.32. The Kier molecular flexibility index (Phi) is 5.53. The van der Waals surface area contributed by atoms with E-state index >= 15 is 0 Å². The first-order valence-electron chi connectivity index (χ1n) is 13.1. The second kappa shape index (κ2) is 9.47. The van der Waals surface area contributed by atoms with Crippen molar-refractivity contribution in [2.24, 2.45) is 0 Å². The average Bonchev–Trinajstić information content (AvgIpc) is 3.33. The maximum Gasteiger partial charge on any atom is 0.105 e. The molecule has 180 valence electrons. The third kappa shape index (κ3) is 3.69. The van der Waals surface area contributed by atoms with Gasteiger partial charge in [0.2, 0.25) is 0 Å². The predicted molar refractivity (Wildman–Crippen MR) is 159 cm³/mol. The number of hydrogen-bond acceptors (Lipinski definition) is 1. The molecule has 1 aliphatic carbocycles. The summed E-state index contributed by atoms with van der Waals surface area (Å²) in [5, 5.41) is 2.43. The Morgan fingerprint density at radius 1 is 0.658 bits per heavy atom. The summed E-state index contributed by atoms with van der Waals surface area (Å²) < 4.78 is 2.36. The van der Waals surface area contributed by atoms with Gasteiger partial charge in [-0.2, -0.15) is 0 Å². The number of para-hydroxylation sites is 4. The van der Waals surface area contributed by atoms with Gasteiger partial charge in [0.15, 0.2) is 0 Å². The Labute approximate surface area is 223 Å². The fraction of sp³-hybridized carbons (Fsp3) is 0.0556. The molecule has 1 aliphatic rings. The van der Waals surface area contributed by atoms with Crippen molar-refractivity contribution in [2.75, 3.05) is 4.90 Å². The highest BCUT2D eigenvalue weighted by molar-refractivity contribution is 6.09. The van der Waals surface area contributed by atoms with Gasteiger partial charge in [0.1, 0.15) is 5.52 Å². The van der Waals surface area contributed by atoms with Crippen LogP contribution in [0.5, 0.6) is 0 Å². The topological polar surface area (TPSA) is 8.17 Å². The van der Waals surface area contributed by atoms with Crippen LogP contribution >= 0.6 is 0 Å². The SMILES string of the molecule is c1ccc2c3ccccc3n(-c3ccccc3C3=C(N(c4ccccc4)c4ccccc4)C=CCC3)c2c#1. The first-order chi connectivity index (χ1) is 18.9. The lowest BCUT2D eigenvalue weighted by Gasteiger charge is -2.31. The summed E-state index contributed by atoms with van der Waals surface area (Å²) in [6.45, 7) is 0. The van der Waals surface area contributed by atoms with E-state index in [0.29, 0.717) is 0 Å². The first kappa shape index (κ1) is 22.2. The number of aromatic nitrogens is 1. The van der Waals surface area contributed by atoms with E-state index in [2.05, 4.69) is 149 Å². The summed E-state index contributed by atoms with van der Waals surface area (Å²) in [6.07, 6.45) is 6.56. The molecule has 1 heterocycles. The van der Waals surface area contributed by atoms with Gasteiger partial charge in [0.25, 0.3) is 0 Å². The van der Waals surface area contributed by atoms with Crippen LogP contribution in [0, 0.1) is 12.1 Å². The molecule has 0 aliphatic heterocycles. The summed E-state index contributed by atoms with van der Waals surface area (Å²) in [4.78, 5) is 2.38. The minimum absolute atomic E-state index is 0.964. The molecule has 2 heteroatoms. The van der Waals surface area contributed by atoms with Crippen LogP contribution in [0.15, 0.2) is 139 Å². The molecule has 2 nitrogen and oxygen atoms in total. The molecule has 0 amide bonds. The maximum absolute atomic E-state index is 3.42. The number of anilines is 2. The van der Waals surface area contributed by atoms with E-state index in [1.54, 1.807) is 0 Å². The van der Waals surface area contributed by atoms with Gasteiger partial charge in [0, 0.05) is 33.4 Å². The average molecular weight is 487 g/mol. The summed E-state index contributed by atoms with van der Waals surface area (Å²) >= 11 is 0. The normalized spacial score (nSPS) is 13.2. The number of hydrogen-bond donors (Lipinski definition) is 0. The van der Waals surface area contributed by atoms with Crippen molar-refractivity contribution >= 4 is 38.8 Å². The quantitative estimate of drug-likeness (QED) is 0.236. The second-order valence-corrected chi connectivity index (χ2v) is 9.55. The Hall–Kier alpha value is -5.00. The highest BCUT2D eigenvalue weighted by Crippen LogP contribution is 2.41. The Bertz CT molecular complexity index is 1710. The zero-order valence-corrected chi connectivity index (χ0v) is 21.0. The molecular weight excluding hydrogens is 460 g/mol. The fourth-order valence-corrected chi connectivity index (χ4v) is 5.68. The molecule has 0 atom stereocenters. The van der Waals surface area contributed by atoms with E-state index in [1.165, 1.54) is 38.8 Å². The summed E-state index contributed by atoms with van der Waals surface area (Å²) in [5.41, 5.74) is 9.48. The van der Waals surface area contributed by atoms with Gasteiger partial charge in [-0.05, 0) is 79.1 Å². The number of benzene rings is 4. The zero-order valence-electron chi connectivity index (χ0n) is 21.0. The first-order valence-corrected chi connectivity index (χ1v) is 13.1. The maximum atomic E-state index is 3.42. The minimum atomic E-state index is 0.964. The summed E-state index contributed by atoms with van der Waals surface area (Å²) in [5.74, 6) is 0. The van der Waals surface area contributed by atoms with Gasteiger partial charge >= 0.3 is 0 Å². The number of allylic oxidation sites excluding steroid dienone is 3. The van der Waals surface area contributed by atoms with Crippen LogP contribution in [0.4, 0.5) is 11.4 Å². The van der Waals surface area contributed by atoms with Crippen LogP contribution in [0.2, 0.25) is 0 Å². The predicted octanol–water partition coefficient (Wildman–Crippen LogP) is 9.28. The van der Waals surface area contributed by atoms with E-state index in [0.717, 1.165) is 29.7 Å². The van der Waals surface area contributed by atoms with Crippen molar-refractivity contribution in [3.05, 3.63) is 157 Å². The lowest BCUT2D eigenvalue weighted by atomic mass is 9.92. The van der Waals surface area contributed by atoms with Gasteiger partial charge in [-0.25, -0.2) is 0 Å². The fourth-order valence-electron chi connectivity index (χ4n) is 5.68. The Balaban J connectivity index is 1.51. The summed E-state index contributed by atoms with van der Waals surface area (Å²) in [7, 11) is 0. The molecule has 6 aromatic rings. The van der Waals surface area contributed by atoms with Crippen molar-refractivity contribution in [1.29, 1.82) is 0 Å². The Morgan fingerprint density at radius 3 is 2.13 bits per heavy atom. The molecule has 0 saturated carbocycles. The van der Waals surface area contributed by atoms with E-state index in [1.807, 2.05) is 6.07 Å². The highest BCUT2D eigenvalue weighted by atomic mass is 15.1. The largest absolute Gasteiger partial charge is 0.310 e. The van der Waals surface area contributed by atoms with Crippen molar-refractivity contribution in [1.82, 2.24) is 4.57 Å². The zero-order chi connectivity index (χ0) is 25.3. The lowest BCUT2D eigenvalue weighted by Crippen LogP contribution is -2.18. The Morgan fingerprint density at radius 2 is 1.34 bits per heavy atom. The molecule has 0 unspecified atom stereocenters. The molecule has 0 radical (unpaired) electrons. The van der Waals surface area contributed by atoms with Crippen LogP contribution < -0.4 is 4.90 Å². The van der Waals surface area contributed by atoms with E-state index in [9.17, 15) is 0 Å². The molecule has 1 aromatic heterocycles. The van der Waals surface area contributed by atoms with E-state index in [-0.39, 0.29) is 0 Å². The molecule has 5 aromatic carbocycles. The number of rotatable bonds is 5. The van der Waals surface area contributed by atoms with Gasteiger partial charge in [-0.3, -0.25) is 0 Å². The second-order valence-electron chi connectivity index (χ2n) is 9.55. The highest BCUT2D eigenvalue weighted by Gasteiger charge is 2.23. The molecule has 0 spiro atoms. The van der Waals surface area contributed by atoms with Crippen molar-refractivity contribution < 1.29 is 0 Å². The molecule has 0 saturated heterocycles. The van der Waals surface area contributed by atoms with Gasteiger partial charge < -0.3 is 9.47 Å². The van der Waals surface area contributed by atoms with Crippen LogP contribution in [0.3, 0.4) is 0 Å². The summed E-state index contributed by atoms with van der Waals surface area (Å²) in [6, 6.07) is 49.5. The smallest absolute Gasteiger partial charge is 0.105 e. The molecule has 0 bridgehead atoms. The van der Waals surface area contributed by atoms with E-state index < -0.39 is 0 Å². The number of fused-ring (bicyclic) bond motifs is 3. The molecular formula is C36H26N2. The monoisotopic (exact) mass is 486 g/mol. The van der Waals surface area contributed by atoms with Crippen LogP contribution in [0.1, 0.15) is 18.4 Å². The molecule has 0 N–H and O–H groups in total. The van der Waals surface area contributed by atoms with E-state index in [4.69, 9.17) is 0 Å². The van der Waals surface area contributed by atoms with Gasteiger partial charge in [0.05, 0.1) is 11.2 Å². The molecule has 38 heavy (non-hydrogen) atoms. The van der Waals surface area contributed by atoms with Crippen molar-refractivity contribution in [3.63, 3.8) is 0 Å². The minimum Gasteiger partial charge on any atom is -0.310 e. The van der Waals surface area contributed by atoms with Crippen LogP contribution in [0.25, 0.3) is 33.1 Å². The van der Waals surface area contributed by atoms with Gasteiger partial charge in [-0.1, -0.05) is 84.9 Å². The number of nitrogens with zero attached hydrogens (tertiary/aromatic N) is 2. The van der Waals surface area contributed by atoms with Crippen molar-refractivity contribution in [2.45, 2.75) is 12.8 Å². The lowest BCUT2D eigenvalue weighted by molar-refractivity contribution is 1.01. The van der Waals surface area contributed by atoms with Crippen molar-refractivity contribution in [3.8, 4) is 5.69 Å². The third-order valence-corrected chi connectivity index (χ3v) is 7.32. The van der Waals surface area contributed by atoms with Gasteiger partial charge in [-0.15, -0.1) is 0 Å². The molecule has 7 rings (SSSR count). The molecule has 0 fully saturated rings.